The molecule has 2 aromatic rings. The van der Waals surface area contributed by atoms with Gasteiger partial charge in [0.05, 0.1) is 17.1 Å². The Morgan fingerprint density at radius 2 is 1.83 bits per heavy atom. The normalized spacial score (nSPS) is 22.5. The molecule has 1 amide bonds. The zero-order chi connectivity index (χ0) is 25.0. The molecule has 0 radical (unpaired) electrons. The fraction of sp³-hybridized carbons (Fsp3) is 0.276. The Morgan fingerprint density at radius 3 is 2.61 bits per heavy atom. The Morgan fingerprint density at radius 1 is 1.08 bits per heavy atom. The van der Waals surface area contributed by atoms with Crippen molar-refractivity contribution in [3.05, 3.63) is 107 Å². The number of amides is 1. The molecule has 3 aliphatic rings. The third kappa shape index (κ3) is 4.62. The van der Waals surface area contributed by atoms with E-state index in [0.717, 1.165) is 36.4 Å². The van der Waals surface area contributed by atoms with Crippen molar-refractivity contribution in [1.29, 1.82) is 0 Å². The molecule has 2 heterocycles. The van der Waals surface area contributed by atoms with Crippen LogP contribution in [0.4, 0.5) is 0 Å². The predicted octanol–water partition coefficient (Wildman–Crippen LogP) is 3.96. The Hall–Kier alpha value is -3.97. The summed E-state index contributed by atoms with van der Waals surface area (Å²) in [5, 5.41) is 3.01. The molecule has 7 heteroatoms. The lowest BCUT2D eigenvalue weighted by Gasteiger charge is -2.42. The molecule has 1 spiro atoms. The van der Waals surface area contributed by atoms with Crippen LogP contribution in [0.1, 0.15) is 35.7 Å². The molecule has 36 heavy (non-hydrogen) atoms. The van der Waals surface area contributed by atoms with E-state index in [1.807, 2.05) is 78.9 Å². The van der Waals surface area contributed by atoms with Gasteiger partial charge < -0.3 is 15.8 Å². The van der Waals surface area contributed by atoms with Crippen molar-refractivity contribution < 1.29 is 9.53 Å². The maximum absolute atomic E-state index is 12.3. The molecule has 0 fully saturated rings. The van der Waals surface area contributed by atoms with E-state index in [-0.39, 0.29) is 12.1 Å². The van der Waals surface area contributed by atoms with Gasteiger partial charge in [0.25, 0.3) is 5.91 Å². The average Bonchev–Trinajstić information content (AvgIpc) is 3.20. The molecule has 0 saturated heterocycles. The van der Waals surface area contributed by atoms with Gasteiger partial charge in [-0.2, -0.15) is 0 Å². The summed E-state index contributed by atoms with van der Waals surface area (Å²) < 4.78 is 6.00. The molecule has 0 aromatic heterocycles. The van der Waals surface area contributed by atoms with Crippen LogP contribution in [0.3, 0.4) is 0 Å². The van der Waals surface area contributed by atoms with Crippen LogP contribution < -0.4 is 11.1 Å². The van der Waals surface area contributed by atoms with E-state index >= 15 is 0 Å². The van der Waals surface area contributed by atoms with Crippen LogP contribution in [0.25, 0.3) is 0 Å². The quantitative estimate of drug-likeness (QED) is 0.558. The Labute approximate surface area is 211 Å². The summed E-state index contributed by atoms with van der Waals surface area (Å²) in [6, 6.07) is 19.3. The second kappa shape index (κ2) is 10.3. The van der Waals surface area contributed by atoms with Crippen LogP contribution in [0, 0.1) is 0 Å². The first-order valence-corrected chi connectivity index (χ1v) is 12.4. The lowest BCUT2D eigenvalue weighted by Crippen LogP contribution is -2.55. The van der Waals surface area contributed by atoms with Crippen molar-refractivity contribution in [3.8, 4) is 0 Å². The van der Waals surface area contributed by atoms with E-state index in [4.69, 9.17) is 20.5 Å². The number of rotatable bonds is 8. The third-order valence-electron chi connectivity index (χ3n) is 6.74. The number of allylic oxidation sites excluding steroid dienone is 2. The number of benzene rings is 2. The number of nitrogens with one attached hydrogen (secondary N) is 1. The molecule has 0 bridgehead atoms. The van der Waals surface area contributed by atoms with Crippen LogP contribution in [0.5, 0.6) is 0 Å². The number of aliphatic imine (C=N–C) groups is 2. The smallest absolute Gasteiger partial charge is 0.251 e. The number of hydrogen-bond donors (Lipinski definition) is 2. The molecular formula is C29H31N5O2. The second-order valence-corrected chi connectivity index (χ2v) is 9.13. The minimum Gasteiger partial charge on any atom is -0.473 e. The number of ether oxygens (including phenoxy) is 1. The first-order valence-electron chi connectivity index (χ1n) is 12.4. The molecular weight excluding hydrogens is 450 g/mol. The second-order valence-electron chi connectivity index (χ2n) is 9.13. The number of unbranched alkanes of at least 4 members (excludes halogenated alkanes) is 1. The van der Waals surface area contributed by atoms with Gasteiger partial charge in [0.15, 0.2) is 0 Å². The highest BCUT2D eigenvalue weighted by Crippen LogP contribution is 2.42. The van der Waals surface area contributed by atoms with Crippen molar-refractivity contribution in [1.82, 2.24) is 10.2 Å². The number of nitrogens with two attached hydrogens (primary N) is 1. The highest BCUT2D eigenvalue weighted by atomic mass is 16.5. The highest BCUT2D eigenvalue weighted by molar-refractivity contribution is 6.14. The molecule has 184 valence electrons. The molecule has 2 aliphatic heterocycles. The summed E-state index contributed by atoms with van der Waals surface area (Å²) in [4.78, 5) is 24.4. The topological polar surface area (TPSA) is 92.3 Å². The summed E-state index contributed by atoms with van der Waals surface area (Å²) in [6.45, 7) is 3.95. The van der Waals surface area contributed by atoms with Crippen LogP contribution in [-0.4, -0.2) is 47.2 Å². The van der Waals surface area contributed by atoms with Crippen molar-refractivity contribution in [2.75, 3.05) is 13.1 Å². The van der Waals surface area contributed by atoms with Crippen LogP contribution in [-0.2, 0) is 11.3 Å². The zero-order valence-corrected chi connectivity index (χ0v) is 20.4. The minimum atomic E-state index is -0.592. The van der Waals surface area contributed by atoms with Crippen molar-refractivity contribution in [2.24, 2.45) is 15.7 Å². The third-order valence-corrected chi connectivity index (χ3v) is 6.74. The number of carbonyl (C=O) groups excluding carboxylic acids is 1. The van der Waals surface area contributed by atoms with Crippen LogP contribution >= 0.6 is 0 Å². The van der Waals surface area contributed by atoms with E-state index in [2.05, 4.69) is 23.2 Å². The van der Waals surface area contributed by atoms with Gasteiger partial charge in [0.2, 0.25) is 5.90 Å². The van der Waals surface area contributed by atoms with Gasteiger partial charge in [0, 0.05) is 18.7 Å². The van der Waals surface area contributed by atoms with Gasteiger partial charge in [-0.3, -0.25) is 14.7 Å². The molecule has 2 atom stereocenters. The van der Waals surface area contributed by atoms with Crippen molar-refractivity contribution >= 4 is 17.5 Å². The number of hydrogen-bond acceptors (Lipinski definition) is 6. The standard InChI is InChI=1S/C29H31N5O2/c1-21-32-27-24(30)14-15-25-29(27,17-16-26(33-25)36-20-22-10-4-2-5-11-22)34(21)19-9-8-18-31-28(35)23-12-6-3-7-13-23/h2-7,10-17,21H,8-9,18-20,30H2,1H3,(H,31,35). The van der Waals surface area contributed by atoms with Crippen LogP contribution in [0.2, 0.25) is 0 Å². The first kappa shape index (κ1) is 23.8. The Kier molecular flexibility index (Phi) is 6.82. The zero-order valence-electron chi connectivity index (χ0n) is 20.4. The number of dihydropyridines is 1. The summed E-state index contributed by atoms with van der Waals surface area (Å²) in [5.41, 5.74) is 9.92. The minimum absolute atomic E-state index is 0.0426. The monoisotopic (exact) mass is 481 g/mol. The molecule has 3 N–H and O–H groups in total. The van der Waals surface area contributed by atoms with Gasteiger partial charge in [-0.15, -0.1) is 0 Å². The lowest BCUT2D eigenvalue weighted by atomic mass is 9.81. The maximum atomic E-state index is 12.3. The Bertz CT molecular complexity index is 1260. The first-order chi connectivity index (χ1) is 17.6. The molecule has 7 nitrogen and oxygen atoms in total. The van der Waals surface area contributed by atoms with Gasteiger partial charge in [-0.1, -0.05) is 48.5 Å². The van der Waals surface area contributed by atoms with E-state index in [9.17, 15) is 4.79 Å². The molecule has 2 unspecified atom stereocenters. The fourth-order valence-electron chi connectivity index (χ4n) is 4.93. The van der Waals surface area contributed by atoms with Gasteiger partial charge in [-0.25, -0.2) is 4.99 Å². The van der Waals surface area contributed by atoms with Crippen molar-refractivity contribution in [2.45, 2.75) is 38.1 Å². The molecule has 5 rings (SSSR count). The summed E-state index contributed by atoms with van der Waals surface area (Å²) in [7, 11) is 0. The lowest BCUT2D eigenvalue weighted by molar-refractivity contribution is 0.0951. The molecule has 2 aromatic carbocycles. The SMILES string of the molecule is CC1N=C2C(N)=CC=C3N=C(OCc4ccccc4)C=CC32N1CCCCNC(=O)c1ccccc1. The summed E-state index contributed by atoms with van der Waals surface area (Å²) in [5.74, 6) is 0.532. The van der Waals surface area contributed by atoms with Crippen molar-refractivity contribution in [3.63, 3.8) is 0 Å². The molecule has 0 saturated carbocycles. The highest BCUT2D eigenvalue weighted by Gasteiger charge is 2.52. The van der Waals surface area contributed by atoms with E-state index in [1.165, 1.54) is 0 Å². The van der Waals surface area contributed by atoms with E-state index in [0.29, 0.717) is 30.3 Å². The number of nitrogens with zero attached hydrogens (tertiary/aromatic N) is 3. The van der Waals surface area contributed by atoms with E-state index < -0.39 is 5.54 Å². The predicted molar refractivity (Wildman–Crippen MR) is 143 cm³/mol. The van der Waals surface area contributed by atoms with E-state index in [1.54, 1.807) is 0 Å². The average molecular weight is 482 g/mol. The van der Waals surface area contributed by atoms with Crippen LogP contribution in [0.15, 0.2) is 106 Å². The fourth-order valence-corrected chi connectivity index (χ4v) is 4.93. The maximum Gasteiger partial charge on any atom is 0.251 e. The summed E-state index contributed by atoms with van der Waals surface area (Å²) in [6.07, 6.45) is 9.60. The Balaban J connectivity index is 1.23. The van der Waals surface area contributed by atoms with Gasteiger partial charge >= 0.3 is 0 Å². The molecule has 1 aliphatic carbocycles. The summed E-state index contributed by atoms with van der Waals surface area (Å²) >= 11 is 0. The number of carbonyl (C=O) groups is 1. The van der Waals surface area contributed by atoms with Gasteiger partial charge in [-0.05, 0) is 61.8 Å². The largest absolute Gasteiger partial charge is 0.473 e. The van der Waals surface area contributed by atoms with Gasteiger partial charge in [0.1, 0.15) is 18.3 Å².